The van der Waals surface area contributed by atoms with Crippen molar-refractivity contribution in [2.75, 3.05) is 6.54 Å². The van der Waals surface area contributed by atoms with Crippen LogP contribution in [-0.4, -0.2) is 27.3 Å². The van der Waals surface area contributed by atoms with E-state index in [1.54, 1.807) is 6.33 Å². The van der Waals surface area contributed by atoms with E-state index < -0.39 is 11.6 Å². The molecule has 0 aliphatic heterocycles. The summed E-state index contributed by atoms with van der Waals surface area (Å²) in [4.78, 5) is 4.32. The van der Waals surface area contributed by atoms with E-state index in [0.717, 1.165) is 23.9 Å². The molecule has 0 saturated carbocycles. The van der Waals surface area contributed by atoms with Crippen molar-refractivity contribution in [1.29, 1.82) is 0 Å². The van der Waals surface area contributed by atoms with Gasteiger partial charge in [0, 0.05) is 17.8 Å². The summed E-state index contributed by atoms with van der Waals surface area (Å²) in [6.45, 7) is 2.94. The first-order valence-electron chi connectivity index (χ1n) is 8.58. The van der Waals surface area contributed by atoms with E-state index in [-0.39, 0.29) is 36.1 Å². The Morgan fingerprint density at radius 2 is 1.89 bits per heavy atom. The summed E-state index contributed by atoms with van der Waals surface area (Å²) in [6, 6.07) is 13.1. The first-order valence-corrected chi connectivity index (χ1v) is 8.58. The van der Waals surface area contributed by atoms with Gasteiger partial charge in [-0.25, -0.2) is 13.8 Å². The van der Waals surface area contributed by atoms with Crippen LogP contribution in [0.2, 0.25) is 0 Å². The quantitative estimate of drug-likeness (QED) is 0.311. The van der Waals surface area contributed by atoms with Crippen molar-refractivity contribution in [3.63, 3.8) is 0 Å². The van der Waals surface area contributed by atoms with Gasteiger partial charge in [0.2, 0.25) is 0 Å². The summed E-state index contributed by atoms with van der Waals surface area (Å²) in [5.74, 6) is 0.197. The lowest BCUT2D eigenvalue weighted by Crippen LogP contribution is -2.37. The normalized spacial score (nSPS) is 11.0. The molecule has 0 unspecified atom stereocenters. The molecule has 0 fully saturated rings. The van der Waals surface area contributed by atoms with Crippen molar-refractivity contribution in [1.82, 2.24) is 25.4 Å². The van der Waals surface area contributed by atoms with Gasteiger partial charge in [-0.2, -0.15) is 0 Å². The second-order valence-corrected chi connectivity index (χ2v) is 5.74. The van der Waals surface area contributed by atoms with Gasteiger partial charge in [0.25, 0.3) is 0 Å². The minimum absolute atomic E-state index is 0. The van der Waals surface area contributed by atoms with E-state index in [4.69, 9.17) is 0 Å². The Balaban J connectivity index is 0.00000280. The zero-order valence-electron chi connectivity index (χ0n) is 15.3. The maximum absolute atomic E-state index is 13.8. The van der Waals surface area contributed by atoms with Crippen LogP contribution in [0, 0.1) is 11.6 Å². The third-order valence-corrected chi connectivity index (χ3v) is 3.83. The van der Waals surface area contributed by atoms with Crippen molar-refractivity contribution in [3.8, 4) is 5.69 Å². The molecule has 2 aromatic carbocycles. The molecule has 0 amide bonds. The molecule has 6 nitrogen and oxygen atoms in total. The Morgan fingerprint density at radius 1 is 1.11 bits per heavy atom. The number of nitrogens with zero attached hydrogens (tertiary/aromatic N) is 4. The number of nitrogens with one attached hydrogen (secondary N) is 2. The molecular weight excluding hydrogens is 477 g/mol. The van der Waals surface area contributed by atoms with Crippen molar-refractivity contribution in [3.05, 3.63) is 77.9 Å². The second kappa shape index (κ2) is 10.7. The second-order valence-electron chi connectivity index (χ2n) is 5.74. The van der Waals surface area contributed by atoms with Crippen molar-refractivity contribution < 1.29 is 8.78 Å². The predicted molar refractivity (Wildman–Crippen MR) is 115 cm³/mol. The molecule has 148 valence electrons. The molecule has 28 heavy (non-hydrogen) atoms. The lowest BCUT2D eigenvalue weighted by atomic mass is 10.2. The van der Waals surface area contributed by atoms with Crippen molar-refractivity contribution in [2.45, 2.75) is 20.0 Å². The van der Waals surface area contributed by atoms with Crippen LogP contribution in [0.5, 0.6) is 0 Å². The Hall–Kier alpha value is -2.56. The molecule has 1 heterocycles. The van der Waals surface area contributed by atoms with Crippen LogP contribution in [0.15, 0.2) is 59.9 Å². The highest BCUT2D eigenvalue weighted by Crippen LogP contribution is 2.11. The fraction of sp³-hybridized carbons (Fsp3) is 0.211. The van der Waals surface area contributed by atoms with E-state index in [1.807, 2.05) is 41.8 Å². The van der Waals surface area contributed by atoms with Gasteiger partial charge in [0.15, 0.2) is 11.8 Å². The molecule has 2 N–H and O–H groups in total. The molecule has 3 rings (SSSR count). The van der Waals surface area contributed by atoms with E-state index >= 15 is 0 Å². The molecule has 9 heteroatoms. The first kappa shape index (κ1) is 21.7. The van der Waals surface area contributed by atoms with Crippen LogP contribution < -0.4 is 10.6 Å². The smallest absolute Gasteiger partial charge is 0.191 e. The lowest BCUT2D eigenvalue weighted by molar-refractivity contribution is 0.585. The fourth-order valence-corrected chi connectivity index (χ4v) is 2.52. The molecule has 0 spiro atoms. The largest absolute Gasteiger partial charge is 0.357 e. The summed E-state index contributed by atoms with van der Waals surface area (Å²) in [7, 11) is 0. The topological polar surface area (TPSA) is 67.1 Å². The number of halogens is 3. The van der Waals surface area contributed by atoms with Gasteiger partial charge in [0.05, 0.1) is 13.1 Å². The number of rotatable bonds is 6. The highest BCUT2D eigenvalue weighted by atomic mass is 127. The van der Waals surface area contributed by atoms with Crippen LogP contribution in [0.3, 0.4) is 0 Å². The number of benzene rings is 2. The molecule has 0 atom stereocenters. The number of hydrogen-bond donors (Lipinski definition) is 2. The zero-order chi connectivity index (χ0) is 19.1. The highest BCUT2D eigenvalue weighted by Gasteiger charge is 2.08. The Morgan fingerprint density at radius 3 is 2.64 bits per heavy atom. The molecule has 0 saturated heterocycles. The number of hydrogen-bond acceptors (Lipinski definition) is 3. The summed E-state index contributed by atoms with van der Waals surface area (Å²) < 4.78 is 28.9. The van der Waals surface area contributed by atoms with Crippen molar-refractivity contribution >= 4 is 29.9 Å². The molecule has 0 aliphatic rings. The summed E-state index contributed by atoms with van der Waals surface area (Å²) in [5.41, 5.74) is 1.14. The number of aliphatic imine (C=N–C) groups is 1. The van der Waals surface area contributed by atoms with Crippen LogP contribution in [0.25, 0.3) is 5.69 Å². The minimum atomic E-state index is -0.490. The van der Waals surface area contributed by atoms with Gasteiger partial charge in [-0.1, -0.05) is 18.2 Å². The lowest BCUT2D eigenvalue weighted by Gasteiger charge is -2.12. The average Bonchev–Trinajstić information content (AvgIpc) is 3.16. The maximum atomic E-state index is 13.8. The third kappa shape index (κ3) is 5.72. The maximum Gasteiger partial charge on any atom is 0.191 e. The molecule has 1 aromatic heterocycles. The third-order valence-electron chi connectivity index (χ3n) is 3.83. The minimum Gasteiger partial charge on any atom is -0.357 e. The van der Waals surface area contributed by atoms with Crippen LogP contribution >= 0.6 is 24.0 Å². The standard InChI is InChI=1S/C19H20F2N6.HI/c1-2-22-19(23-11-14-10-15(20)8-9-17(14)21)24-12-18-26-25-13-27(18)16-6-4-3-5-7-16;/h3-10,13H,2,11-12H2,1H3,(H2,22,23,24);1H. The van der Waals surface area contributed by atoms with E-state index in [1.165, 1.54) is 0 Å². The Labute approximate surface area is 179 Å². The number of guanidine groups is 1. The van der Waals surface area contributed by atoms with E-state index in [9.17, 15) is 8.78 Å². The average molecular weight is 498 g/mol. The summed E-state index contributed by atoms with van der Waals surface area (Å²) in [6.07, 6.45) is 1.64. The van der Waals surface area contributed by atoms with E-state index in [2.05, 4.69) is 25.8 Å². The van der Waals surface area contributed by atoms with Gasteiger partial charge in [-0.15, -0.1) is 34.2 Å². The summed E-state index contributed by atoms with van der Waals surface area (Å²) >= 11 is 0. The number of para-hydroxylation sites is 1. The molecule has 0 bridgehead atoms. The van der Waals surface area contributed by atoms with Gasteiger partial charge in [0.1, 0.15) is 18.0 Å². The zero-order valence-corrected chi connectivity index (χ0v) is 17.6. The predicted octanol–water partition coefficient (Wildman–Crippen LogP) is 3.42. The Kier molecular flexibility index (Phi) is 8.30. The Bertz CT molecular complexity index is 914. The SMILES string of the molecule is CCNC(=NCc1cc(F)ccc1F)NCc1nncn1-c1ccccc1.I. The van der Waals surface area contributed by atoms with Gasteiger partial charge < -0.3 is 10.6 Å². The number of aromatic nitrogens is 3. The fourth-order valence-electron chi connectivity index (χ4n) is 2.52. The van der Waals surface area contributed by atoms with Gasteiger partial charge in [-0.3, -0.25) is 4.57 Å². The van der Waals surface area contributed by atoms with Crippen molar-refractivity contribution in [2.24, 2.45) is 4.99 Å². The highest BCUT2D eigenvalue weighted by molar-refractivity contribution is 14.0. The molecule has 3 aromatic rings. The van der Waals surface area contributed by atoms with Crippen LogP contribution in [-0.2, 0) is 13.1 Å². The van der Waals surface area contributed by atoms with Crippen LogP contribution in [0.1, 0.15) is 18.3 Å². The van der Waals surface area contributed by atoms with E-state index in [0.29, 0.717) is 24.9 Å². The molecule has 0 aliphatic carbocycles. The monoisotopic (exact) mass is 498 g/mol. The first-order chi connectivity index (χ1) is 13.2. The van der Waals surface area contributed by atoms with Gasteiger partial charge in [-0.05, 0) is 37.3 Å². The van der Waals surface area contributed by atoms with Crippen LogP contribution in [0.4, 0.5) is 8.78 Å². The van der Waals surface area contributed by atoms with Gasteiger partial charge >= 0.3 is 0 Å². The molecule has 0 radical (unpaired) electrons. The summed E-state index contributed by atoms with van der Waals surface area (Å²) in [5, 5.41) is 14.3. The molecular formula is C19H21F2IN6.